The summed E-state index contributed by atoms with van der Waals surface area (Å²) in [4.78, 5) is 14.5. The third kappa shape index (κ3) is 4.44. The highest BCUT2D eigenvalue weighted by Crippen LogP contribution is 2.23. The lowest BCUT2D eigenvalue weighted by Gasteiger charge is -2.20. The SMILES string of the molecule is CN(Cc1ccccc1Cl)C(=O)c1ccccc1OCc1ccccc1. The molecule has 0 heterocycles. The Labute approximate surface area is 158 Å². The summed E-state index contributed by atoms with van der Waals surface area (Å²) in [6.07, 6.45) is 0. The van der Waals surface area contributed by atoms with E-state index in [9.17, 15) is 4.79 Å². The van der Waals surface area contributed by atoms with Crippen molar-refractivity contribution < 1.29 is 9.53 Å². The molecule has 0 saturated carbocycles. The molecule has 0 bridgehead atoms. The van der Waals surface area contributed by atoms with Crippen LogP contribution in [0.25, 0.3) is 0 Å². The highest BCUT2D eigenvalue weighted by atomic mass is 35.5. The van der Waals surface area contributed by atoms with Crippen LogP contribution in [0.3, 0.4) is 0 Å². The van der Waals surface area contributed by atoms with Crippen LogP contribution in [0.2, 0.25) is 5.02 Å². The van der Waals surface area contributed by atoms with Gasteiger partial charge in [-0.15, -0.1) is 0 Å². The number of carbonyl (C=O) groups is 1. The quantitative estimate of drug-likeness (QED) is 0.601. The minimum Gasteiger partial charge on any atom is -0.488 e. The molecule has 1 amide bonds. The summed E-state index contributed by atoms with van der Waals surface area (Å²) in [6, 6.07) is 24.7. The van der Waals surface area contributed by atoms with Crippen molar-refractivity contribution in [1.29, 1.82) is 0 Å². The van der Waals surface area contributed by atoms with Gasteiger partial charge in [0.25, 0.3) is 5.91 Å². The van der Waals surface area contributed by atoms with Crippen LogP contribution < -0.4 is 4.74 Å². The monoisotopic (exact) mass is 365 g/mol. The summed E-state index contributed by atoms with van der Waals surface area (Å²) in [5, 5.41) is 0.653. The summed E-state index contributed by atoms with van der Waals surface area (Å²) >= 11 is 6.21. The van der Waals surface area contributed by atoms with Crippen LogP contribution in [0.15, 0.2) is 78.9 Å². The molecule has 0 atom stereocenters. The molecule has 0 aliphatic carbocycles. The predicted molar refractivity (Wildman–Crippen MR) is 104 cm³/mol. The van der Waals surface area contributed by atoms with Gasteiger partial charge >= 0.3 is 0 Å². The van der Waals surface area contributed by atoms with Crippen LogP contribution in [-0.2, 0) is 13.2 Å². The Balaban J connectivity index is 1.73. The molecule has 0 aliphatic heterocycles. The first kappa shape index (κ1) is 18.0. The van der Waals surface area contributed by atoms with Gasteiger partial charge in [0.15, 0.2) is 0 Å². The lowest BCUT2D eigenvalue weighted by atomic mass is 10.1. The fourth-order valence-electron chi connectivity index (χ4n) is 2.66. The molecule has 0 radical (unpaired) electrons. The zero-order chi connectivity index (χ0) is 18.4. The number of hydrogen-bond acceptors (Lipinski definition) is 2. The molecule has 3 aromatic carbocycles. The van der Waals surface area contributed by atoms with E-state index in [0.29, 0.717) is 29.5 Å². The second-order valence-corrected chi connectivity index (χ2v) is 6.43. The van der Waals surface area contributed by atoms with Crippen LogP contribution in [-0.4, -0.2) is 17.9 Å². The smallest absolute Gasteiger partial charge is 0.257 e. The number of rotatable bonds is 6. The Morgan fingerprint density at radius 3 is 2.35 bits per heavy atom. The van der Waals surface area contributed by atoms with E-state index in [-0.39, 0.29) is 5.91 Å². The Bertz CT molecular complexity index is 880. The maximum atomic E-state index is 12.9. The van der Waals surface area contributed by atoms with E-state index in [4.69, 9.17) is 16.3 Å². The van der Waals surface area contributed by atoms with Gasteiger partial charge in [0.1, 0.15) is 12.4 Å². The fraction of sp³-hybridized carbons (Fsp3) is 0.136. The number of halogens is 1. The van der Waals surface area contributed by atoms with Crippen molar-refractivity contribution in [2.75, 3.05) is 7.05 Å². The normalized spacial score (nSPS) is 10.4. The second kappa shape index (κ2) is 8.54. The standard InChI is InChI=1S/C22H20ClNO2/c1-24(15-18-11-5-7-13-20(18)23)22(25)19-12-6-8-14-21(19)26-16-17-9-3-2-4-10-17/h2-14H,15-16H2,1H3. The molecule has 0 saturated heterocycles. The Kier molecular flexibility index (Phi) is 5.92. The van der Waals surface area contributed by atoms with Crippen molar-refractivity contribution in [3.05, 3.63) is 101 Å². The molecule has 0 aromatic heterocycles. The number of ether oxygens (including phenoxy) is 1. The van der Waals surface area contributed by atoms with Crippen LogP contribution in [0.1, 0.15) is 21.5 Å². The third-order valence-electron chi connectivity index (χ3n) is 4.07. The first-order chi connectivity index (χ1) is 12.6. The summed E-state index contributed by atoms with van der Waals surface area (Å²) in [7, 11) is 1.76. The van der Waals surface area contributed by atoms with Gasteiger partial charge in [-0.3, -0.25) is 4.79 Å². The highest BCUT2D eigenvalue weighted by molar-refractivity contribution is 6.31. The number of carbonyl (C=O) groups excluding carboxylic acids is 1. The second-order valence-electron chi connectivity index (χ2n) is 6.02. The Hall–Kier alpha value is -2.78. The molecule has 4 heteroatoms. The Morgan fingerprint density at radius 1 is 0.923 bits per heavy atom. The first-order valence-corrected chi connectivity index (χ1v) is 8.77. The van der Waals surface area contributed by atoms with E-state index in [1.165, 1.54) is 0 Å². The van der Waals surface area contributed by atoms with Gasteiger partial charge in [0, 0.05) is 18.6 Å². The van der Waals surface area contributed by atoms with Gasteiger partial charge in [0.05, 0.1) is 5.56 Å². The van der Waals surface area contributed by atoms with Crippen LogP contribution in [0.5, 0.6) is 5.75 Å². The van der Waals surface area contributed by atoms with Gasteiger partial charge in [-0.2, -0.15) is 0 Å². The topological polar surface area (TPSA) is 29.5 Å². The molecule has 3 nitrogen and oxygen atoms in total. The molecule has 3 aromatic rings. The van der Waals surface area contributed by atoms with Gasteiger partial charge in [0.2, 0.25) is 0 Å². The summed E-state index contributed by atoms with van der Waals surface area (Å²) in [5.41, 5.74) is 2.50. The maximum absolute atomic E-state index is 12.9. The Morgan fingerprint density at radius 2 is 1.58 bits per heavy atom. The summed E-state index contributed by atoms with van der Waals surface area (Å²) in [5.74, 6) is 0.473. The molecule has 0 spiro atoms. The number of nitrogens with zero attached hydrogens (tertiary/aromatic N) is 1. The molecule has 0 N–H and O–H groups in total. The van der Waals surface area contributed by atoms with E-state index in [0.717, 1.165) is 11.1 Å². The van der Waals surface area contributed by atoms with Crippen LogP contribution in [0.4, 0.5) is 0 Å². The molecular formula is C22H20ClNO2. The summed E-state index contributed by atoms with van der Waals surface area (Å²) < 4.78 is 5.89. The summed E-state index contributed by atoms with van der Waals surface area (Å²) in [6.45, 7) is 0.852. The van der Waals surface area contributed by atoms with Crippen molar-refractivity contribution >= 4 is 17.5 Å². The first-order valence-electron chi connectivity index (χ1n) is 8.40. The number of benzene rings is 3. The fourth-order valence-corrected chi connectivity index (χ4v) is 2.86. The average Bonchev–Trinajstić information content (AvgIpc) is 2.68. The van der Waals surface area contributed by atoms with Crippen molar-refractivity contribution in [3.8, 4) is 5.75 Å². The number of para-hydroxylation sites is 1. The zero-order valence-electron chi connectivity index (χ0n) is 14.6. The van der Waals surface area contributed by atoms with Crippen LogP contribution in [0, 0.1) is 0 Å². The van der Waals surface area contributed by atoms with E-state index >= 15 is 0 Å². The highest BCUT2D eigenvalue weighted by Gasteiger charge is 2.17. The van der Waals surface area contributed by atoms with Crippen molar-refractivity contribution in [2.45, 2.75) is 13.2 Å². The van der Waals surface area contributed by atoms with Crippen LogP contribution >= 0.6 is 11.6 Å². The number of amides is 1. The van der Waals surface area contributed by atoms with Crippen molar-refractivity contribution in [1.82, 2.24) is 4.90 Å². The molecule has 132 valence electrons. The molecule has 26 heavy (non-hydrogen) atoms. The molecule has 3 rings (SSSR count). The largest absolute Gasteiger partial charge is 0.488 e. The predicted octanol–water partition coefficient (Wildman–Crippen LogP) is 5.19. The molecule has 0 unspecified atom stereocenters. The average molecular weight is 366 g/mol. The maximum Gasteiger partial charge on any atom is 0.257 e. The van der Waals surface area contributed by atoms with Crippen molar-refractivity contribution in [2.24, 2.45) is 0 Å². The van der Waals surface area contributed by atoms with E-state index in [1.54, 1.807) is 18.0 Å². The van der Waals surface area contributed by atoms with Crippen molar-refractivity contribution in [3.63, 3.8) is 0 Å². The zero-order valence-corrected chi connectivity index (χ0v) is 15.3. The molecule has 0 aliphatic rings. The lowest BCUT2D eigenvalue weighted by molar-refractivity contribution is 0.0780. The molecule has 0 fully saturated rings. The van der Waals surface area contributed by atoms with E-state index < -0.39 is 0 Å². The van der Waals surface area contributed by atoms with Gasteiger partial charge < -0.3 is 9.64 Å². The third-order valence-corrected chi connectivity index (χ3v) is 4.44. The van der Waals surface area contributed by atoms with E-state index in [1.807, 2.05) is 72.8 Å². The number of hydrogen-bond donors (Lipinski definition) is 0. The van der Waals surface area contributed by atoms with Gasteiger partial charge in [-0.1, -0.05) is 72.3 Å². The van der Waals surface area contributed by atoms with E-state index in [2.05, 4.69) is 0 Å². The minimum absolute atomic E-state index is 0.103. The minimum atomic E-state index is -0.103. The van der Waals surface area contributed by atoms with Gasteiger partial charge in [-0.25, -0.2) is 0 Å². The lowest BCUT2D eigenvalue weighted by Crippen LogP contribution is -2.26. The molecular weight excluding hydrogens is 346 g/mol. The van der Waals surface area contributed by atoms with Gasteiger partial charge in [-0.05, 0) is 29.3 Å².